The zero-order valence-corrected chi connectivity index (χ0v) is 13.3. The molecule has 5 nitrogen and oxygen atoms in total. The summed E-state index contributed by atoms with van der Waals surface area (Å²) in [5.74, 6) is 1.11. The van der Waals surface area contributed by atoms with Crippen molar-refractivity contribution >= 4 is 11.6 Å². The van der Waals surface area contributed by atoms with Crippen LogP contribution in [-0.2, 0) is 6.18 Å². The van der Waals surface area contributed by atoms with E-state index in [0.29, 0.717) is 19.6 Å². The number of nitrogens with one attached hydrogen (secondary N) is 1. The number of pyridine rings is 2. The second-order valence-corrected chi connectivity index (χ2v) is 5.87. The van der Waals surface area contributed by atoms with Crippen LogP contribution in [0.3, 0.4) is 0 Å². The Labute approximate surface area is 143 Å². The van der Waals surface area contributed by atoms with Crippen LogP contribution in [0, 0.1) is 17.2 Å². The molecule has 0 aliphatic carbocycles. The highest BCUT2D eigenvalue weighted by Crippen LogP contribution is 2.32. The van der Waals surface area contributed by atoms with Crippen molar-refractivity contribution in [3.05, 3.63) is 47.8 Å². The van der Waals surface area contributed by atoms with E-state index in [9.17, 15) is 18.4 Å². The van der Waals surface area contributed by atoms with E-state index in [0.717, 1.165) is 18.3 Å². The van der Waals surface area contributed by atoms with Gasteiger partial charge in [-0.2, -0.15) is 18.4 Å². The summed E-state index contributed by atoms with van der Waals surface area (Å²) in [7, 11) is 0. The van der Waals surface area contributed by atoms with Crippen molar-refractivity contribution in [3.8, 4) is 6.07 Å². The van der Waals surface area contributed by atoms with Gasteiger partial charge in [-0.1, -0.05) is 6.07 Å². The molecule has 3 heterocycles. The van der Waals surface area contributed by atoms with Crippen molar-refractivity contribution in [1.29, 1.82) is 5.26 Å². The summed E-state index contributed by atoms with van der Waals surface area (Å²) in [5, 5.41) is 12.4. The molecular weight excluding hydrogens is 331 g/mol. The Balaban J connectivity index is 1.70. The molecule has 3 rings (SSSR count). The molecule has 1 aliphatic rings. The smallest absolute Gasteiger partial charge is 0.370 e. The zero-order chi connectivity index (χ0) is 17.9. The van der Waals surface area contributed by atoms with Crippen molar-refractivity contribution in [3.63, 3.8) is 0 Å². The van der Waals surface area contributed by atoms with Crippen LogP contribution in [-0.4, -0.2) is 29.6 Å². The van der Waals surface area contributed by atoms with Crippen molar-refractivity contribution in [2.75, 3.05) is 29.9 Å². The van der Waals surface area contributed by atoms with Crippen molar-refractivity contribution in [2.24, 2.45) is 5.92 Å². The molecule has 0 aromatic carbocycles. The lowest BCUT2D eigenvalue weighted by atomic mass is 10.1. The van der Waals surface area contributed by atoms with Crippen molar-refractivity contribution in [2.45, 2.75) is 12.6 Å². The van der Waals surface area contributed by atoms with Crippen LogP contribution in [0.15, 0.2) is 36.5 Å². The van der Waals surface area contributed by atoms with Crippen LogP contribution in [0.2, 0.25) is 0 Å². The number of nitriles is 1. The Morgan fingerprint density at radius 1 is 1.28 bits per heavy atom. The standard InChI is InChI=1S/C17H16F3N5/c18-17(19,20)14-5-4-13(9-21)16(24-14)25-8-6-12(11-25)10-23-15-3-1-2-7-22-15/h1-5,7,12H,6,8,10-11H2,(H,22,23)/t12-/m0/s1. The number of rotatable bonds is 4. The quantitative estimate of drug-likeness (QED) is 0.919. The molecule has 0 saturated carbocycles. The van der Waals surface area contributed by atoms with Gasteiger partial charge in [0, 0.05) is 25.8 Å². The lowest BCUT2D eigenvalue weighted by Gasteiger charge is -2.20. The van der Waals surface area contributed by atoms with Crippen LogP contribution in [0.1, 0.15) is 17.7 Å². The normalized spacial score (nSPS) is 17.4. The second kappa shape index (κ2) is 6.97. The zero-order valence-electron chi connectivity index (χ0n) is 13.3. The summed E-state index contributed by atoms with van der Waals surface area (Å²) < 4.78 is 38.7. The third-order valence-electron chi connectivity index (χ3n) is 4.11. The first kappa shape index (κ1) is 17.0. The van der Waals surface area contributed by atoms with Gasteiger partial charge in [0.05, 0.1) is 5.56 Å². The SMILES string of the molecule is N#Cc1ccc(C(F)(F)F)nc1N1CC[C@@H](CNc2ccccn2)C1. The van der Waals surface area contributed by atoms with Crippen LogP contribution in [0.25, 0.3) is 0 Å². The number of hydrogen-bond acceptors (Lipinski definition) is 5. The van der Waals surface area contributed by atoms with Gasteiger partial charge in [0.25, 0.3) is 0 Å². The average molecular weight is 347 g/mol. The first-order valence-corrected chi connectivity index (χ1v) is 7.85. The first-order chi connectivity index (χ1) is 12.0. The molecular formula is C17H16F3N5. The highest BCUT2D eigenvalue weighted by molar-refractivity contribution is 5.55. The lowest BCUT2D eigenvalue weighted by Crippen LogP contribution is -2.25. The van der Waals surface area contributed by atoms with Crippen molar-refractivity contribution < 1.29 is 13.2 Å². The minimum Gasteiger partial charge on any atom is -0.370 e. The van der Waals surface area contributed by atoms with Crippen LogP contribution < -0.4 is 10.2 Å². The average Bonchev–Trinajstić information content (AvgIpc) is 3.08. The largest absolute Gasteiger partial charge is 0.433 e. The van der Waals surface area contributed by atoms with E-state index in [1.54, 1.807) is 11.1 Å². The van der Waals surface area contributed by atoms with Gasteiger partial charge in [-0.3, -0.25) is 0 Å². The molecule has 2 aromatic rings. The fourth-order valence-corrected chi connectivity index (χ4v) is 2.84. The molecule has 1 saturated heterocycles. The van der Waals surface area contributed by atoms with Gasteiger partial charge >= 0.3 is 6.18 Å². The maximum absolute atomic E-state index is 12.9. The van der Waals surface area contributed by atoms with Crippen LogP contribution >= 0.6 is 0 Å². The molecule has 130 valence electrons. The monoisotopic (exact) mass is 347 g/mol. The molecule has 1 N–H and O–H groups in total. The third-order valence-corrected chi connectivity index (χ3v) is 4.11. The molecule has 25 heavy (non-hydrogen) atoms. The molecule has 2 aromatic heterocycles. The summed E-state index contributed by atoms with van der Waals surface area (Å²) in [5.41, 5.74) is -0.817. The van der Waals surface area contributed by atoms with Crippen molar-refractivity contribution in [1.82, 2.24) is 9.97 Å². The minimum absolute atomic E-state index is 0.109. The topological polar surface area (TPSA) is 64.8 Å². The molecule has 0 amide bonds. The summed E-state index contributed by atoms with van der Waals surface area (Å²) in [4.78, 5) is 9.62. The molecule has 0 spiro atoms. The van der Waals surface area contributed by atoms with E-state index in [-0.39, 0.29) is 17.3 Å². The summed E-state index contributed by atoms with van der Waals surface area (Å²) >= 11 is 0. The van der Waals surface area contributed by atoms with Gasteiger partial charge in [-0.05, 0) is 36.6 Å². The second-order valence-electron chi connectivity index (χ2n) is 5.87. The Kier molecular flexibility index (Phi) is 4.74. The Bertz CT molecular complexity index is 770. The van der Waals surface area contributed by atoms with E-state index < -0.39 is 11.9 Å². The molecule has 1 aliphatic heterocycles. The van der Waals surface area contributed by atoms with E-state index >= 15 is 0 Å². The van der Waals surface area contributed by atoms with E-state index in [1.807, 2.05) is 24.3 Å². The van der Waals surface area contributed by atoms with Gasteiger partial charge in [0.2, 0.25) is 0 Å². The maximum atomic E-state index is 12.9. The van der Waals surface area contributed by atoms with E-state index in [4.69, 9.17) is 0 Å². The maximum Gasteiger partial charge on any atom is 0.433 e. The van der Waals surface area contributed by atoms with E-state index in [1.165, 1.54) is 6.07 Å². The Morgan fingerprint density at radius 2 is 2.12 bits per heavy atom. The fourth-order valence-electron chi connectivity index (χ4n) is 2.84. The fraction of sp³-hybridized carbons (Fsp3) is 0.353. The number of alkyl halides is 3. The molecule has 1 atom stereocenters. The van der Waals surface area contributed by atoms with E-state index in [2.05, 4.69) is 15.3 Å². The first-order valence-electron chi connectivity index (χ1n) is 7.85. The molecule has 0 bridgehead atoms. The summed E-state index contributed by atoms with van der Waals surface area (Å²) in [6.07, 6.45) is -2.03. The van der Waals surface area contributed by atoms with Gasteiger partial charge < -0.3 is 10.2 Å². The Morgan fingerprint density at radius 3 is 2.80 bits per heavy atom. The number of halogens is 3. The van der Waals surface area contributed by atoms with Gasteiger partial charge in [-0.15, -0.1) is 0 Å². The van der Waals surface area contributed by atoms with Gasteiger partial charge in [0.15, 0.2) is 0 Å². The van der Waals surface area contributed by atoms with Crippen LogP contribution in [0.4, 0.5) is 24.8 Å². The molecule has 0 radical (unpaired) electrons. The Hall–Kier alpha value is -2.82. The lowest BCUT2D eigenvalue weighted by molar-refractivity contribution is -0.141. The number of anilines is 2. The predicted octanol–water partition coefficient (Wildman–Crippen LogP) is 3.31. The molecule has 1 fully saturated rings. The predicted molar refractivity (Wildman–Crippen MR) is 87.0 cm³/mol. The number of aromatic nitrogens is 2. The third kappa shape index (κ3) is 3.99. The molecule has 0 unspecified atom stereocenters. The van der Waals surface area contributed by atoms with Gasteiger partial charge in [-0.25, -0.2) is 9.97 Å². The molecule has 8 heteroatoms. The van der Waals surface area contributed by atoms with Crippen LogP contribution in [0.5, 0.6) is 0 Å². The minimum atomic E-state index is -4.53. The highest BCUT2D eigenvalue weighted by atomic mass is 19.4. The highest BCUT2D eigenvalue weighted by Gasteiger charge is 2.34. The summed E-state index contributed by atoms with van der Waals surface area (Å²) in [6.45, 7) is 1.77. The number of nitrogens with zero attached hydrogens (tertiary/aromatic N) is 4. The number of hydrogen-bond donors (Lipinski definition) is 1. The summed E-state index contributed by atoms with van der Waals surface area (Å²) in [6, 6.07) is 9.51. The van der Waals surface area contributed by atoms with Gasteiger partial charge in [0.1, 0.15) is 23.4 Å².